The van der Waals surface area contributed by atoms with Gasteiger partial charge in [-0.15, -0.1) is 0 Å². The van der Waals surface area contributed by atoms with Gasteiger partial charge in [0.2, 0.25) is 0 Å². The normalized spacial score (nSPS) is 20.8. The summed E-state index contributed by atoms with van der Waals surface area (Å²) in [6.45, 7) is 2.08. The minimum Gasteiger partial charge on any atom is -0.324 e. The number of nitrogens with two attached hydrogens (primary N) is 1. The lowest BCUT2D eigenvalue weighted by Gasteiger charge is -2.27. The lowest BCUT2D eigenvalue weighted by atomic mass is 10.1. The van der Waals surface area contributed by atoms with Gasteiger partial charge in [-0.3, -0.25) is 9.69 Å². The molecule has 0 aromatic carbocycles. The Hall–Kier alpha value is -1.20. The van der Waals surface area contributed by atoms with Crippen molar-refractivity contribution in [1.82, 2.24) is 14.9 Å². The van der Waals surface area contributed by atoms with E-state index in [2.05, 4.69) is 14.9 Å². The zero-order valence-corrected chi connectivity index (χ0v) is 9.20. The Morgan fingerprint density at radius 2 is 2.31 bits per heavy atom. The number of rotatable bonds is 2. The summed E-state index contributed by atoms with van der Waals surface area (Å²) in [5.74, 6) is 0.601. The summed E-state index contributed by atoms with van der Waals surface area (Å²) in [6.07, 6.45) is 3.44. The van der Waals surface area contributed by atoms with Crippen molar-refractivity contribution < 1.29 is 0 Å². The molecule has 5 heteroatoms. The van der Waals surface area contributed by atoms with Crippen molar-refractivity contribution in [1.29, 1.82) is 0 Å². The van der Waals surface area contributed by atoms with Gasteiger partial charge in [-0.1, -0.05) is 0 Å². The minimum absolute atomic E-state index is 0.00389. The molecule has 0 bridgehead atoms. The molecule has 1 aliphatic heterocycles. The first kappa shape index (κ1) is 9.99. The Kier molecular flexibility index (Phi) is 2.29. The number of aromatic amines is 1. The Labute approximate surface area is 93.7 Å². The first-order valence-electron chi connectivity index (χ1n) is 5.83. The number of aromatic nitrogens is 2. The van der Waals surface area contributed by atoms with Gasteiger partial charge in [0.05, 0.1) is 17.8 Å². The van der Waals surface area contributed by atoms with Crippen LogP contribution in [0, 0.1) is 0 Å². The molecular weight excluding hydrogens is 204 g/mol. The van der Waals surface area contributed by atoms with Crippen molar-refractivity contribution in [2.24, 2.45) is 5.73 Å². The van der Waals surface area contributed by atoms with Gasteiger partial charge in [0, 0.05) is 25.6 Å². The van der Waals surface area contributed by atoms with Gasteiger partial charge in [-0.25, -0.2) is 4.98 Å². The average molecular weight is 220 g/mol. The molecule has 0 saturated heterocycles. The van der Waals surface area contributed by atoms with Gasteiger partial charge in [0.1, 0.15) is 5.82 Å². The molecule has 2 aliphatic rings. The van der Waals surface area contributed by atoms with Crippen molar-refractivity contribution in [3.8, 4) is 0 Å². The Morgan fingerprint density at radius 3 is 3.00 bits per heavy atom. The van der Waals surface area contributed by atoms with Crippen molar-refractivity contribution in [2.45, 2.75) is 38.4 Å². The summed E-state index contributed by atoms with van der Waals surface area (Å²) in [7, 11) is 0. The molecular formula is C11H16N4O. The highest BCUT2D eigenvalue weighted by Gasteiger charge is 2.32. The van der Waals surface area contributed by atoms with E-state index in [9.17, 15) is 4.79 Å². The van der Waals surface area contributed by atoms with Gasteiger partial charge < -0.3 is 10.7 Å². The van der Waals surface area contributed by atoms with Gasteiger partial charge >= 0.3 is 0 Å². The van der Waals surface area contributed by atoms with E-state index >= 15 is 0 Å². The first-order chi connectivity index (χ1) is 7.78. The summed E-state index contributed by atoms with van der Waals surface area (Å²) in [4.78, 5) is 21.4. The molecule has 1 fully saturated rings. The molecule has 3 N–H and O–H groups in total. The quantitative estimate of drug-likeness (QED) is 0.720. The van der Waals surface area contributed by atoms with Crippen LogP contribution in [0.4, 0.5) is 0 Å². The number of nitrogens with zero attached hydrogens (tertiary/aromatic N) is 2. The van der Waals surface area contributed by atoms with Crippen LogP contribution in [0.3, 0.4) is 0 Å². The van der Waals surface area contributed by atoms with E-state index < -0.39 is 0 Å². The molecule has 16 heavy (non-hydrogen) atoms. The summed E-state index contributed by atoms with van der Waals surface area (Å²) < 4.78 is 0. The molecule has 1 aromatic heterocycles. The van der Waals surface area contributed by atoms with Gasteiger partial charge in [0.25, 0.3) is 5.56 Å². The molecule has 3 rings (SSSR count). The summed E-state index contributed by atoms with van der Waals surface area (Å²) in [5, 5.41) is 0. The number of hydrogen-bond acceptors (Lipinski definition) is 4. The van der Waals surface area contributed by atoms with E-state index in [4.69, 9.17) is 5.73 Å². The van der Waals surface area contributed by atoms with E-state index in [0.29, 0.717) is 18.4 Å². The summed E-state index contributed by atoms with van der Waals surface area (Å²) in [6, 6.07) is 0.710. The van der Waals surface area contributed by atoms with Gasteiger partial charge in [-0.05, 0) is 12.8 Å². The second-order valence-electron chi connectivity index (χ2n) is 4.59. The minimum atomic E-state index is -0.00389. The zero-order valence-electron chi connectivity index (χ0n) is 9.20. The number of fused-ring (bicyclic) bond motifs is 1. The van der Waals surface area contributed by atoms with E-state index in [1.807, 2.05) is 0 Å². The SMILES string of the molecule is NCc1nc2c(c(=O)[nH]1)CN(C1CC1)CC2. The molecule has 2 heterocycles. The van der Waals surface area contributed by atoms with Crippen LogP contribution in [0.1, 0.15) is 29.9 Å². The van der Waals surface area contributed by atoms with Crippen LogP contribution >= 0.6 is 0 Å². The molecule has 1 saturated carbocycles. The molecule has 0 spiro atoms. The monoisotopic (exact) mass is 220 g/mol. The Balaban J connectivity index is 1.94. The van der Waals surface area contributed by atoms with Crippen molar-refractivity contribution in [3.05, 3.63) is 27.4 Å². The smallest absolute Gasteiger partial charge is 0.255 e. The van der Waals surface area contributed by atoms with Crippen LogP contribution < -0.4 is 11.3 Å². The fraction of sp³-hybridized carbons (Fsp3) is 0.636. The standard InChI is InChI=1S/C11H16N4O/c12-5-10-13-9-3-4-15(7-1-2-7)6-8(9)11(16)14-10/h7H,1-6,12H2,(H,13,14,16). The van der Waals surface area contributed by atoms with Crippen LogP contribution in [0.5, 0.6) is 0 Å². The van der Waals surface area contributed by atoms with Crippen LogP contribution in [-0.2, 0) is 19.5 Å². The van der Waals surface area contributed by atoms with Crippen LogP contribution in [0.25, 0.3) is 0 Å². The number of H-pyrrole nitrogens is 1. The van der Waals surface area contributed by atoms with E-state index in [1.165, 1.54) is 12.8 Å². The molecule has 0 unspecified atom stereocenters. The van der Waals surface area contributed by atoms with Crippen molar-refractivity contribution in [3.63, 3.8) is 0 Å². The third-order valence-corrected chi connectivity index (χ3v) is 3.40. The van der Waals surface area contributed by atoms with Crippen LogP contribution in [0.2, 0.25) is 0 Å². The zero-order chi connectivity index (χ0) is 11.1. The highest BCUT2D eigenvalue weighted by Crippen LogP contribution is 2.30. The highest BCUT2D eigenvalue weighted by atomic mass is 16.1. The molecule has 0 amide bonds. The fourth-order valence-electron chi connectivity index (χ4n) is 2.35. The maximum absolute atomic E-state index is 11.9. The second kappa shape index (κ2) is 3.68. The molecule has 5 nitrogen and oxygen atoms in total. The molecule has 86 valence electrons. The van der Waals surface area contributed by atoms with Crippen molar-refractivity contribution >= 4 is 0 Å². The van der Waals surface area contributed by atoms with E-state index in [-0.39, 0.29) is 5.56 Å². The summed E-state index contributed by atoms with van der Waals surface area (Å²) in [5.41, 5.74) is 7.28. The van der Waals surface area contributed by atoms with Gasteiger partial charge in [-0.2, -0.15) is 0 Å². The molecule has 0 radical (unpaired) electrons. The topological polar surface area (TPSA) is 75.0 Å². The molecule has 0 atom stereocenters. The summed E-state index contributed by atoms with van der Waals surface area (Å²) >= 11 is 0. The fourth-order valence-corrected chi connectivity index (χ4v) is 2.35. The second-order valence-corrected chi connectivity index (χ2v) is 4.59. The largest absolute Gasteiger partial charge is 0.324 e. The predicted octanol–water partition coefficient (Wildman–Crippen LogP) is -0.251. The molecule has 1 aromatic rings. The lowest BCUT2D eigenvalue weighted by Crippen LogP contribution is -2.37. The van der Waals surface area contributed by atoms with E-state index in [1.54, 1.807) is 0 Å². The molecule has 1 aliphatic carbocycles. The van der Waals surface area contributed by atoms with Crippen LogP contribution in [-0.4, -0.2) is 27.5 Å². The third kappa shape index (κ3) is 1.66. The number of hydrogen-bond donors (Lipinski definition) is 2. The van der Waals surface area contributed by atoms with Crippen LogP contribution in [0.15, 0.2) is 4.79 Å². The number of nitrogens with one attached hydrogen (secondary N) is 1. The lowest BCUT2D eigenvalue weighted by molar-refractivity contribution is 0.239. The van der Waals surface area contributed by atoms with Gasteiger partial charge in [0.15, 0.2) is 0 Å². The van der Waals surface area contributed by atoms with Crippen molar-refractivity contribution in [2.75, 3.05) is 6.54 Å². The highest BCUT2D eigenvalue weighted by molar-refractivity contribution is 5.21. The maximum atomic E-state index is 11.9. The average Bonchev–Trinajstić information content (AvgIpc) is 3.12. The predicted molar refractivity (Wildman–Crippen MR) is 59.9 cm³/mol. The Bertz CT molecular complexity index is 464. The third-order valence-electron chi connectivity index (χ3n) is 3.40. The van der Waals surface area contributed by atoms with E-state index in [0.717, 1.165) is 30.8 Å². The Morgan fingerprint density at radius 1 is 1.50 bits per heavy atom. The first-order valence-corrected chi connectivity index (χ1v) is 5.83. The maximum Gasteiger partial charge on any atom is 0.255 e.